The molecule has 0 bridgehead atoms. The van der Waals surface area contributed by atoms with Crippen LogP contribution in [-0.2, 0) is 11.0 Å². The van der Waals surface area contributed by atoms with Gasteiger partial charge in [-0.3, -0.25) is 4.79 Å². The smallest absolute Gasteiger partial charge is 0.339 e. The van der Waals surface area contributed by atoms with Crippen LogP contribution in [-0.4, -0.2) is 22.6 Å². The molecule has 1 saturated heterocycles. The van der Waals surface area contributed by atoms with Crippen LogP contribution < -0.4 is 4.90 Å². The van der Waals surface area contributed by atoms with Gasteiger partial charge in [0.25, 0.3) is 0 Å². The molecule has 150 valence electrons. The maximum atomic E-state index is 12.7. The summed E-state index contributed by atoms with van der Waals surface area (Å²) in [4.78, 5) is 18.6. The number of aromatic nitrogens is 2. The van der Waals surface area contributed by atoms with Gasteiger partial charge < -0.3 is 9.42 Å². The summed E-state index contributed by atoms with van der Waals surface area (Å²) in [6, 6.07) is 10.5. The third-order valence-corrected chi connectivity index (χ3v) is 5.03. The number of aryl methyl sites for hydroxylation is 2. The largest absolute Gasteiger partial charge is 0.416 e. The Kier molecular flexibility index (Phi) is 4.64. The number of hydrogen-bond donors (Lipinski definition) is 0. The minimum absolute atomic E-state index is 0.0313. The lowest BCUT2D eigenvalue weighted by atomic mass is 10.1. The molecule has 5 nitrogen and oxygen atoms in total. The lowest BCUT2D eigenvalue weighted by Crippen LogP contribution is -2.25. The van der Waals surface area contributed by atoms with Crippen molar-refractivity contribution in [2.45, 2.75) is 32.4 Å². The molecule has 0 aliphatic carbocycles. The molecular formula is C21H18F3N3O2. The highest BCUT2D eigenvalue weighted by atomic mass is 19.4. The lowest BCUT2D eigenvalue weighted by molar-refractivity contribution is -0.137. The molecule has 2 aromatic carbocycles. The zero-order chi connectivity index (χ0) is 20.8. The number of rotatable bonds is 3. The molecule has 0 radical (unpaired) electrons. The molecule has 1 aliphatic heterocycles. The Hall–Kier alpha value is -3.16. The number of benzene rings is 2. The van der Waals surface area contributed by atoms with Gasteiger partial charge in [-0.2, -0.15) is 18.2 Å². The number of nitrogens with zero attached hydrogens (tertiary/aromatic N) is 3. The Balaban J connectivity index is 1.53. The summed E-state index contributed by atoms with van der Waals surface area (Å²) >= 11 is 0. The molecule has 1 aromatic heterocycles. The molecule has 1 fully saturated rings. The summed E-state index contributed by atoms with van der Waals surface area (Å²) in [6.45, 7) is 4.36. The van der Waals surface area contributed by atoms with Crippen molar-refractivity contribution in [3.05, 3.63) is 65.0 Å². The Morgan fingerprint density at radius 2 is 1.83 bits per heavy atom. The SMILES string of the molecule is Cc1ccc(N2C[C@H](c3nc(-c4ccc(C(F)(F)F)cc4)no3)CC2=O)c(C)c1. The average Bonchev–Trinajstić information content (AvgIpc) is 3.28. The van der Waals surface area contributed by atoms with Gasteiger partial charge in [0.1, 0.15) is 0 Å². The van der Waals surface area contributed by atoms with E-state index in [-0.39, 0.29) is 24.1 Å². The van der Waals surface area contributed by atoms with Gasteiger partial charge in [-0.05, 0) is 37.6 Å². The standard InChI is InChI=1S/C21H18F3N3O2/c1-12-3-8-17(13(2)9-12)27-11-15(10-18(27)28)20-25-19(26-29-20)14-4-6-16(7-5-14)21(22,23)24/h3-9,15H,10-11H2,1-2H3/t15-/m1/s1. The minimum Gasteiger partial charge on any atom is -0.339 e. The molecule has 0 unspecified atom stereocenters. The topological polar surface area (TPSA) is 59.2 Å². The van der Waals surface area contributed by atoms with Crippen LogP contribution >= 0.6 is 0 Å². The van der Waals surface area contributed by atoms with Crippen molar-refractivity contribution in [2.75, 3.05) is 11.4 Å². The summed E-state index contributed by atoms with van der Waals surface area (Å²) in [7, 11) is 0. The first kappa shape index (κ1) is 19.2. The zero-order valence-corrected chi connectivity index (χ0v) is 15.8. The quantitative estimate of drug-likeness (QED) is 0.627. The van der Waals surface area contributed by atoms with E-state index in [4.69, 9.17) is 4.52 Å². The van der Waals surface area contributed by atoms with Crippen molar-refractivity contribution >= 4 is 11.6 Å². The molecular weight excluding hydrogens is 383 g/mol. The molecule has 0 spiro atoms. The normalized spacial score (nSPS) is 17.2. The summed E-state index contributed by atoms with van der Waals surface area (Å²) in [5.41, 5.74) is 2.66. The van der Waals surface area contributed by atoms with Crippen molar-refractivity contribution < 1.29 is 22.5 Å². The maximum absolute atomic E-state index is 12.7. The van der Waals surface area contributed by atoms with Gasteiger partial charge in [-0.25, -0.2) is 0 Å². The van der Waals surface area contributed by atoms with E-state index in [0.717, 1.165) is 28.9 Å². The van der Waals surface area contributed by atoms with Crippen LogP contribution in [0.15, 0.2) is 47.0 Å². The van der Waals surface area contributed by atoms with E-state index in [1.807, 2.05) is 32.0 Å². The first-order valence-electron chi connectivity index (χ1n) is 9.11. The van der Waals surface area contributed by atoms with Crippen LogP contribution in [0.25, 0.3) is 11.4 Å². The molecule has 0 N–H and O–H groups in total. The third kappa shape index (κ3) is 3.74. The fourth-order valence-corrected chi connectivity index (χ4v) is 3.54. The number of carbonyl (C=O) groups is 1. The Bertz CT molecular complexity index is 1060. The Labute approximate surface area is 165 Å². The molecule has 3 aromatic rings. The second-order valence-electron chi connectivity index (χ2n) is 7.23. The van der Waals surface area contributed by atoms with E-state index >= 15 is 0 Å². The number of alkyl halides is 3. The van der Waals surface area contributed by atoms with Crippen molar-refractivity contribution in [3.63, 3.8) is 0 Å². The first-order valence-corrected chi connectivity index (χ1v) is 9.11. The number of halogens is 3. The Morgan fingerprint density at radius 3 is 2.48 bits per heavy atom. The van der Waals surface area contributed by atoms with E-state index in [1.54, 1.807) is 4.90 Å². The van der Waals surface area contributed by atoms with Gasteiger partial charge in [-0.1, -0.05) is 35.0 Å². The monoisotopic (exact) mass is 401 g/mol. The van der Waals surface area contributed by atoms with Crippen molar-refractivity contribution in [1.82, 2.24) is 10.1 Å². The zero-order valence-electron chi connectivity index (χ0n) is 15.8. The van der Waals surface area contributed by atoms with Gasteiger partial charge >= 0.3 is 6.18 Å². The van der Waals surface area contributed by atoms with Gasteiger partial charge in [0, 0.05) is 24.2 Å². The van der Waals surface area contributed by atoms with Gasteiger partial charge in [-0.15, -0.1) is 0 Å². The summed E-state index contributed by atoms with van der Waals surface area (Å²) in [5.74, 6) is 0.210. The fraction of sp³-hybridized carbons (Fsp3) is 0.286. The second-order valence-corrected chi connectivity index (χ2v) is 7.23. The minimum atomic E-state index is -4.40. The van der Waals surface area contributed by atoms with E-state index in [2.05, 4.69) is 10.1 Å². The Morgan fingerprint density at radius 1 is 1.10 bits per heavy atom. The fourth-order valence-electron chi connectivity index (χ4n) is 3.54. The molecule has 29 heavy (non-hydrogen) atoms. The van der Waals surface area contributed by atoms with Crippen LogP contribution in [0.1, 0.15) is 34.9 Å². The molecule has 2 heterocycles. The highest BCUT2D eigenvalue weighted by molar-refractivity contribution is 5.97. The average molecular weight is 401 g/mol. The second kappa shape index (κ2) is 7.02. The van der Waals surface area contributed by atoms with Crippen molar-refractivity contribution in [3.8, 4) is 11.4 Å². The number of amides is 1. The lowest BCUT2D eigenvalue weighted by Gasteiger charge is -2.19. The van der Waals surface area contributed by atoms with Crippen LogP contribution in [0.4, 0.5) is 18.9 Å². The number of hydrogen-bond acceptors (Lipinski definition) is 4. The van der Waals surface area contributed by atoms with Crippen LogP contribution in [0.2, 0.25) is 0 Å². The summed E-state index contributed by atoms with van der Waals surface area (Å²) in [5, 5.41) is 3.88. The molecule has 1 atom stereocenters. The van der Waals surface area contributed by atoms with Gasteiger partial charge in [0.2, 0.25) is 17.6 Å². The summed E-state index contributed by atoms with van der Waals surface area (Å²) in [6.07, 6.45) is -4.16. The van der Waals surface area contributed by atoms with Crippen LogP contribution in [0.3, 0.4) is 0 Å². The number of anilines is 1. The highest BCUT2D eigenvalue weighted by Gasteiger charge is 2.36. The highest BCUT2D eigenvalue weighted by Crippen LogP contribution is 2.34. The van der Waals surface area contributed by atoms with Gasteiger partial charge in [0.05, 0.1) is 11.5 Å². The first-order chi connectivity index (χ1) is 13.7. The molecule has 0 saturated carbocycles. The van der Waals surface area contributed by atoms with E-state index < -0.39 is 11.7 Å². The van der Waals surface area contributed by atoms with E-state index in [0.29, 0.717) is 18.0 Å². The van der Waals surface area contributed by atoms with Crippen LogP contribution in [0.5, 0.6) is 0 Å². The molecule has 1 amide bonds. The maximum Gasteiger partial charge on any atom is 0.416 e. The summed E-state index contributed by atoms with van der Waals surface area (Å²) < 4.78 is 43.4. The third-order valence-electron chi connectivity index (χ3n) is 5.03. The molecule has 4 rings (SSSR count). The van der Waals surface area contributed by atoms with Crippen LogP contribution in [0, 0.1) is 13.8 Å². The van der Waals surface area contributed by atoms with E-state index in [9.17, 15) is 18.0 Å². The van der Waals surface area contributed by atoms with Crippen molar-refractivity contribution in [1.29, 1.82) is 0 Å². The van der Waals surface area contributed by atoms with Gasteiger partial charge in [0.15, 0.2) is 0 Å². The van der Waals surface area contributed by atoms with E-state index in [1.165, 1.54) is 12.1 Å². The van der Waals surface area contributed by atoms with Crippen molar-refractivity contribution in [2.24, 2.45) is 0 Å². The predicted molar refractivity (Wildman–Crippen MR) is 100 cm³/mol. The molecule has 8 heteroatoms. The molecule has 1 aliphatic rings. The predicted octanol–water partition coefficient (Wildman–Crippen LogP) is 4.89. The number of carbonyl (C=O) groups excluding carboxylic acids is 1.